The predicted molar refractivity (Wildman–Crippen MR) is 87.2 cm³/mol. The Labute approximate surface area is 128 Å². The molecule has 0 fully saturated rings. The fourth-order valence-corrected chi connectivity index (χ4v) is 3.50. The van der Waals surface area contributed by atoms with Gasteiger partial charge in [0.05, 0.1) is 4.90 Å². The minimum Gasteiger partial charge on any atom is -0.282 e. The monoisotopic (exact) mass is 310 g/mol. The highest BCUT2D eigenvalue weighted by Gasteiger charge is 2.22. The van der Waals surface area contributed by atoms with Crippen LogP contribution in [-0.2, 0) is 10.1 Å². The zero-order valence-electron chi connectivity index (χ0n) is 13.2. The van der Waals surface area contributed by atoms with E-state index in [1.807, 2.05) is 19.1 Å². The summed E-state index contributed by atoms with van der Waals surface area (Å²) in [6.45, 7) is 9.90. The summed E-state index contributed by atoms with van der Waals surface area (Å²) in [6, 6.07) is 5.12. The van der Waals surface area contributed by atoms with Gasteiger partial charge in [0.15, 0.2) is 0 Å². The summed E-state index contributed by atoms with van der Waals surface area (Å²) in [5.74, 6) is 0.629. The van der Waals surface area contributed by atoms with Crippen LogP contribution in [0.1, 0.15) is 56.6 Å². The van der Waals surface area contributed by atoms with Gasteiger partial charge in [-0.25, -0.2) is 0 Å². The van der Waals surface area contributed by atoms with Gasteiger partial charge in [-0.3, -0.25) is 4.55 Å². The Bertz CT molecular complexity index is 576. The van der Waals surface area contributed by atoms with E-state index in [9.17, 15) is 13.0 Å². The van der Waals surface area contributed by atoms with Gasteiger partial charge in [0.2, 0.25) is 0 Å². The van der Waals surface area contributed by atoms with E-state index in [1.165, 1.54) is 6.07 Å². The molecule has 1 N–H and O–H groups in total. The molecule has 1 unspecified atom stereocenters. The minimum atomic E-state index is -4.17. The maximum Gasteiger partial charge on any atom is 0.294 e. The van der Waals surface area contributed by atoms with Crippen LogP contribution >= 0.6 is 0 Å². The van der Waals surface area contributed by atoms with Gasteiger partial charge in [-0.15, -0.1) is 6.58 Å². The summed E-state index contributed by atoms with van der Waals surface area (Å²) in [5.41, 5.74) is 1.75. The van der Waals surface area contributed by atoms with Crippen LogP contribution in [0.4, 0.5) is 0 Å². The number of allylic oxidation sites excluding steroid dienone is 1. The average molecular weight is 310 g/mol. The number of hydrogen-bond acceptors (Lipinski definition) is 2. The first kappa shape index (κ1) is 17.9. The molecule has 0 heterocycles. The molecule has 3 nitrogen and oxygen atoms in total. The highest BCUT2D eigenvalue weighted by Crippen LogP contribution is 2.33. The smallest absolute Gasteiger partial charge is 0.282 e. The van der Waals surface area contributed by atoms with E-state index < -0.39 is 10.1 Å². The summed E-state index contributed by atoms with van der Waals surface area (Å²) in [4.78, 5) is 0.0517. The van der Waals surface area contributed by atoms with Crippen molar-refractivity contribution < 1.29 is 13.0 Å². The topological polar surface area (TPSA) is 54.4 Å². The number of benzene rings is 1. The summed E-state index contributed by atoms with van der Waals surface area (Å²) < 4.78 is 32.6. The Hall–Kier alpha value is -1.13. The second kappa shape index (κ2) is 7.76. The Morgan fingerprint density at radius 2 is 2.05 bits per heavy atom. The first-order valence-electron chi connectivity index (χ1n) is 7.48. The molecule has 1 aromatic carbocycles. The predicted octanol–water partition coefficient (Wildman–Crippen LogP) is 4.73. The standard InChI is InChI=1S/C17H26O3S/c1-5-7-8-13(3)11-15(6-2)16-12-14(4)9-10-17(16)21(18,19)20/h5,9-10,12-13,15H,1,6-8,11H2,2-4H3,(H,18,19,20)/t13?,15-/m0/s1. The van der Waals surface area contributed by atoms with Crippen molar-refractivity contribution in [3.05, 3.63) is 42.0 Å². The molecule has 0 spiro atoms. The van der Waals surface area contributed by atoms with Gasteiger partial charge in [0, 0.05) is 0 Å². The summed E-state index contributed by atoms with van der Waals surface area (Å²) in [7, 11) is -4.17. The third-order valence-corrected chi connectivity index (χ3v) is 4.85. The van der Waals surface area contributed by atoms with E-state index in [1.54, 1.807) is 6.07 Å². The summed E-state index contributed by atoms with van der Waals surface area (Å²) in [6.07, 6.45) is 5.69. The lowest BCUT2D eigenvalue weighted by atomic mass is 9.85. The van der Waals surface area contributed by atoms with Crippen LogP contribution in [0.2, 0.25) is 0 Å². The number of rotatable bonds is 8. The van der Waals surface area contributed by atoms with Crippen molar-refractivity contribution in [2.24, 2.45) is 5.92 Å². The van der Waals surface area contributed by atoms with Crippen LogP contribution in [-0.4, -0.2) is 13.0 Å². The number of hydrogen-bond donors (Lipinski definition) is 1. The molecule has 0 aromatic heterocycles. The Morgan fingerprint density at radius 3 is 2.57 bits per heavy atom. The lowest BCUT2D eigenvalue weighted by Crippen LogP contribution is -2.10. The fourth-order valence-electron chi connectivity index (χ4n) is 2.74. The molecule has 4 heteroatoms. The van der Waals surface area contributed by atoms with Crippen molar-refractivity contribution >= 4 is 10.1 Å². The Balaban J connectivity index is 3.10. The number of aryl methyl sites for hydroxylation is 1. The van der Waals surface area contributed by atoms with Crippen molar-refractivity contribution in [1.29, 1.82) is 0 Å². The molecule has 21 heavy (non-hydrogen) atoms. The van der Waals surface area contributed by atoms with E-state index in [0.29, 0.717) is 5.92 Å². The van der Waals surface area contributed by atoms with Gasteiger partial charge in [-0.05, 0) is 56.1 Å². The van der Waals surface area contributed by atoms with E-state index >= 15 is 0 Å². The summed E-state index contributed by atoms with van der Waals surface area (Å²) >= 11 is 0. The van der Waals surface area contributed by atoms with Crippen LogP contribution in [0.15, 0.2) is 35.7 Å². The molecule has 0 aliphatic heterocycles. The quantitative estimate of drug-likeness (QED) is 0.558. The van der Waals surface area contributed by atoms with Gasteiger partial charge >= 0.3 is 0 Å². The van der Waals surface area contributed by atoms with Crippen LogP contribution in [0, 0.1) is 12.8 Å². The SMILES string of the molecule is C=CCCC(C)C[C@H](CC)c1cc(C)ccc1S(=O)(=O)O. The van der Waals surface area contributed by atoms with Crippen LogP contribution < -0.4 is 0 Å². The van der Waals surface area contributed by atoms with Gasteiger partial charge in [-0.1, -0.05) is 37.6 Å². The highest BCUT2D eigenvalue weighted by atomic mass is 32.2. The van der Waals surface area contributed by atoms with Crippen molar-refractivity contribution in [3.63, 3.8) is 0 Å². The zero-order chi connectivity index (χ0) is 16.0. The normalized spacial score (nSPS) is 14.7. The van der Waals surface area contributed by atoms with Crippen molar-refractivity contribution in [1.82, 2.24) is 0 Å². The molecule has 0 saturated carbocycles. The second-order valence-corrected chi connectivity index (χ2v) is 7.22. The third kappa shape index (κ3) is 5.29. The molecule has 0 aliphatic carbocycles. The molecule has 1 rings (SSSR count). The van der Waals surface area contributed by atoms with E-state index in [0.717, 1.165) is 36.8 Å². The van der Waals surface area contributed by atoms with E-state index in [4.69, 9.17) is 0 Å². The lowest BCUT2D eigenvalue weighted by molar-refractivity contribution is 0.428. The molecular formula is C17H26O3S. The highest BCUT2D eigenvalue weighted by molar-refractivity contribution is 7.85. The molecule has 0 bridgehead atoms. The summed E-state index contributed by atoms with van der Waals surface area (Å²) in [5, 5.41) is 0. The maximum absolute atomic E-state index is 11.6. The molecule has 0 aliphatic rings. The Kier molecular flexibility index (Phi) is 6.62. The zero-order valence-corrected chi connectivity index (χ0v) is 14.0. The molecule has 118 valence electrons. The van der Waals surface area contributed by atoms with Gasteiger partial charge < -0.3 is 0 Å². The maximum atomic E-state index is 11.6. The van der Waals surface area contributed by atoms with Crippen LogP contribution in [0.25, 0.3) is 0 Å². The molecule has 0 amide bonds. The van der Waals surface area contributed by atoms with Gasteiger partial charge in [0.1, 0.15) is 0 Å². The molecule has 2 atom stereocenters. The molecule has 0 radical (unpaired) electrons. The molecular weight excluding hydrogens is 284 g/mol. The third-order valence-electron chi connectivity index (χ3n) is 3.93. The first-order chi connectivity index (χ1) is 9.79. The Morgan fingerprint density at radius 1 is 1.38 bits per heavy atom. The fraction of sp³-hybridized carbons (Fsp3) is 0.529. The van der Waals surface area contributed by atoms with Crippen LogP contribution in [0.3, 0.4) is 0 Å². The van der Waals surface area contributed by atoms with Gasteiger partial charge in [0.25, 0.3) is 10.1 Å². The molecule has 1 aromatic rings. The van der Waals surface area contributed by atoms with Crippen LogP contribution in [0.5, 0.6) is 0 Å². The second-order valence-electron chi connectivity index (χ2n) is 5.83. The van der Waals surface area contributed by atoms with Crippen molar-refractivity contribution in [2.45, 2.75) is 57.3 Å². The molecule has 0 saturated heterocycles. The van der Waals surface area contributed by atoms with E-state index in [-0.39, 0.29) is 10.8 Å². The average Bonchev–Trinajstić information content (AvgIpc) is 2.41. The first-order valence-corrected chi connectivity index (χ1v) is 8.92. The van der Waals surface area contributed by atoms with Gasteiger partial charge in [-0.2, -0.15) is 8.42 Å². The van der Waals surface area contributed by atoms with Crippen molar-refractivity contribution in [3.8, 4) is 0 Å². The van der Waals surface area contributed by atoms with E-state index in [2.05, 4.69) is 20.4 Å². The van der Waals surface area contributed by atoms with Crippen molar-refractivity contribution in [2.75, 3.05) is 0 Å². The minimum absolute atomic E-state index is 0.0517. The largest absolute Gasteiger partial charge is 0.294 e. The lowest BCUT2D eigenvalue weighted by Gasteiger charge is -2.22.